The van der Waals surface area contributed by atoms with Crippen molar-refractivity contribution in [2.24, 2.45) is 21.9 Å². The van der Waals surface area contributed by atoms with Gasteiger partial charge in [0.05, 0.1) is 12.2 Å². The Bertz CT molecular complexity index is 822. The summed E-state index contributed by atoms with van der Waals surface area (Å²) in [4.78, 5) is 8.66. The number of nitrogens with two attached hydrogens (primary N) is 1. The van der Waals surface area contributed by atoms with E-state index in [1.54, 1.807) is 12.4 Å². The Labute approximate surface area is 142 Å². The minimum absolute atomic E-state index is 0.500. The average Bonchev–Trinajstić information content (AvgIpc) is 3.44. The van der Waals surface area contributed by atoms with Gasteiger partial charge in [0.25, 0.3) is 0 Å². The minimum Gasteiger partial charge on any atom is -0.323 e. The van der Waals surface area contributed by atoms with E-state index in [4.69, 9.17) is 5.84 Å². The maximum Gasteiger partial charge on any atom is 0.108 e. The van der Waals surface area contributed by atoms with E-state index in [1.807, 2.05) is 43.3 Å². The standard InChI is InChI=1S/C20H20N4/c1-15-5-6-17(10-9-16-7-8-16)12-19(15)20(24-21)14-22-13-18-4-2-3-11-23-18/h2-6,11-12,14,16H,7-8,13,21H2,1H3/b22-14?,24-20+. The zero-order valence-corrected chi connectivity index (χ0v) is 13.7. The van der Waals surface area contributed by atoms with E-state index in [2.05, 4.69) is 26.9 Å². The van der Waals surface area contributed by atoms with Crippen molar-refractivity contribution in [3.8, 4) is 11.8 Å². The van der Waals surface area contributed by atoms with Crippen molar-refractivity contribution in [3.63, 3.8) is 0 Å². The molecule has 0 bridgehead atoms. The Hall–Kier alpha value is -2.93. The van der Waals surface area contributed by atoms with Gasteiger partial charge in [0, 0.05) is 29.5 Å². The zero-order valence-electron chi connectivity index (χ0n) is 13.7. The van der Waals surface area contributed by atoms with Crippen molar-refractivity contribution in [2.75, 3.05) is 0 Å². The lowest BCUT2D eigenvalue weighted by Crippen LogP contribution is -2.09. The minimum atomic E-state index is 0.500. The van der Waals surface area contributed by atoms with Crippen LogP contribution in [0.3, 0.4) is 0 Å². The van der Waals surface area contributed by atoms with Crippen LogP contribution >= 0.6 is 0 Å². The molecular formula is C20H20N4. The fourth-order valence-corrected chi connectivity index (χ4v) is 2.28. The molecule has 2 N–H and O–H groups in total. The number of hydrogen-bond acceptors (Lipinski definition) is 4. The maximum atomic E-state index is 5.58. The number of pyridine rings is 1. The molecule has 1 saturated carbocycles. The predicted octanol–water partition coefficient (Wildman–Crippen LogP) is 3.09. The highest BCUT2D eigenvalue weighted by molar-refractivity contribution is 6.38. The largest absolute Gasteiger partial charge is 0.323 e. The predicted molar refractivity (Wildman–Crippen MR) is 97.9 cm³/mol. The summed E-state index contributed by atoms with van der Waals surface area (Å²) in [6.07, 6.45) is 5.91. The molecule has 0 spiro atoms. The van der Waals surface area contributed by atoms with Crippen LogP contribution in [-0.2, 0) is 6.54 Å². The Balaban J connectivity index is 1.77. The van der Waals surface area contributed by atoms with Gasteiger partial charge in [0.1, 0.15) is 5.71 Å². The van der Waals surface area contributed by atoms with Gasteiger partial charge in [-0.15, -0.1) is 0 Å². The second-order valence-electron chi connectivity index (χ2n) is 5.88. The molecule has 0 atom stereocenters. The zero-order chi connectivity index (χ0) is 16.8. The Morgan fingerprint density at radius 2 is 2.21 bits per heavy atom. The normalized spacial score (nSPS) is 14.5. The van der Waals surface area contributed by atoms with Crippen molar-refractivity contribution >= 4 is 11.9 Å². The van der Waals surface area contributed by atoms with E-state index in [0.29, 0.717) is 18.2 Å². The molecule has 0 aliphatic heterocycles. The molecule has 1 aliphatic carbocycles. The van der Waals surface area contributed by atoms with Gasteiger partial charge in [-0.3, -0.25) is 9.98 Å². The third-order valence-electron chi connectivity index (χ3n) is 3.84. The highest BCUT2D eigenvalue weighted by Crippen LogP contribution is 2.27. The van der Waals surface area contributed by atoms with Crippen LogP contribution in [0.2, 0.25) is 0 Å². The number of hydrogen-bond donors (Lipinski definition) is 1. The van der Waals surface area contributed by atoms with Crippen LogP contribution in [0, 0.1) is 24.7 Å². The third kappa shape index (κ3) is 4.30. The van der Waals surface area contributed by atoms with E-state index >= 15 is 0 Å². The molecule has 0 unspecified atom stereocenters. The van der Waals surface area contributed by atoms with Gasteiger partial charge < -0.3 is 5.84 Å². The van der Waals surface area contributed by atoms with Gasteiger partial charge in [0.15, 0.2) is 0 Å². The first-order valence-corrected chi connectivity index (χ1v) is 8.06. The van der Waals surface area contributed by atoms with E-state index in [1.165, 1.54) is 12.8 Å². The summed E-state index contributed by atoms with van der Waals surface area (Å²) in [5.41, 5.74) is 4.61. The molecule has 1 aliphatic rings. The summed E-state index contributed by atoms with van der Waals surface area (Å²) in [5.74, 6) is 12.7. The van der Waals surface area contributed by atoms with E-state index in [0.717, 1.165) is 22.4 Å². The molecule has 0 saturated heterocycles. The van der Waals surface area contributed by atoms with Crippen molar-refractivity contribution in [1.29, 1.82) is 0 Å². The quantitative estimate of drug-likeness (QED) is 0.408. The van der Waals surface area contributed by atoms with Crippen LogP contribution in [0.25, 0.3) is 0 Å². The van der Waals surface area contributed by atoms with Gasteiger partial charge in [-0.25, -0.2) is 0 Å². The van der Waals surface area contributed by atoms with Crippen LogP contribution in [0.1, 0.15) is 35.2 Å². The second kappa shape index (κ2) is 7.56. The van der Waals surface area contributed by atoms with E-state index in [-0.39, 0.29) is 0 Å². The molecule has 1 aromatic carbocycles. The highest BCUT2D eigenvalue weighted by atomic mass is 15.1. The summed E-state index contributed by atoms with van der Waals surface area (Å²) in [6.45, 7) is 2.53. The fraction of sp³-hybridized carbons (Fsp3) is 0.250. The Morgan fingerprint density at radius 1 is 1.33 bits per heavy atom. The molecule has 1 heterocycles. The monoisotopic (exact) mass is 316 g/mol. The Morgan fingerprint density at radius 3 is 2.92 bits per heavy atom. The molecule has 2 aromatic rings. The van der Waals surface area contributed by atoms with Crippen molar-refractivity contribution in [2.45, 2.75) is 26.3 Å². The molecular weight excluding hydrogens is 296 g/mol. The molecule has 1 fully saturated rings. The van der Waals surface area contributed by atoms with E-state index in [9.17, 15) is 0 Å². The smallest absolute Gasteiger partial charge is 0.108 e. The molecule has 4 nitrogen and oxygen atoms in total. The van der Waals surface area contributed by atoms with Gasteiger partial charge >= 0.3 is 0 Å². The molecule has 4 heteroatoms. The van der Waals surface area contributed by atoms with Gasteiger partial charge in [-0.05, 0) is 49.6 Å². The van der Waals surface area contributed by atoms with Crippen LogP contribution in [-0.4, -0.2) is 16.9 Å². The van der Waals surface area contributed by atoms with Gasteiger partial charge in [-0.1, -0.05) is 24.0 Å². The number of nitrogens with zero attached hydrogens (tertiary/aromatic N) is 3. The number of benzene rings is 1. The molecule has 3 rings (SSSR count). The second-order valence-corrected chi connectivity index (χ2v) is 5.88. The fourth-order valence-electron chi connectivity index (χ4n) is 2.28. The number of aryl methyl sites for hydroxylation is 1. The third-order valence-corrected chi connectivity index (χ3v) is 3.84. The first kappa shape index (κ1) is 15.9. The highest BCUT2D eigenvalue weighted by Gasteiger charge is 2.17. The molecule has 24 heavy (non-hydrogen) atoms. The number of hydrazone groups is 1. The summed E-state index contributed by atoms with van der Waals surface area (Å²) in [5, 5.41) is 3.90. The topological polar surface area (TPSA) is 63.6 Å². The lowest BCUT2D eigenvalue weighted by Gasteiger charge is -2.05. The lowest BCUT2D eigenvalue weighted by molar-refractivity contribution is 0.997. The van der Waals surface area contributed by atoms with Gasteiger partial charge in [-0.2, -0.15) is 5.10 Å². The van der Waals surface area contributed by atoms with Crippen molar-refractivity contribution < 1.29 is 0 Å². The van der Waals surface area contributed by atoms with Crippen molar-refractivity contribution in [1.82, 2.24) is 4.98 Å². The SMILES string of the molecule is Cc1ccc(C#CC2CC2)cc1/C(C=NCc1ccccn1)=N/N. The molecule has 120 valence electrons. The summed E-state index contributed by atoms with van der Waals surface area (Å²) >= 11 is 0. The summed E-state index contributed by atoms with van der Waals surface area (Å²) < 4.78 is 0. The van der Waals surface area contributed by atoms with Gasteiger partial charge in [0.2, 0.25) is 0 Å². The Kier molecular flexibility index (Phi) is 5.02. The lowest BCUT2D eigenvalue weighted by atomic mass is 10.0. The maximum absolute atomic E-state index is 5.58. The molecule has 1 aromatic heterocycles. The first-order chi connectivity index (χ1) is 11.8. The molecule has 0 radical (unpaired) electrons. The van der Waals surface area contributed by atoms with Crippen LogP contribution < -0.4 is 5.84 Å². The summed E-state index contributed by atoms with van der Waals surface area (Å²) in [7, 11) is 0. The molecule has 0 amide bonds. The first-order valence-electron chi connectivity index (χ1n) is 8.06. The number of aliphatic imine (C=N–C) groups is 1. The number of aromatic nitrogens is 1. The van der Waals surface area contributed by atoms with Crippen molar-refractivity contribution in [3.05, 3.63) is 65.0 Å². The van der Waals surface area contributed by atoms with Crippen LogP contribution in [0.4, 0.5) is 0 Å². The van der Waals surface area contributed by atoms with Crippen LogP contribution in [0.15, 0.2) is 52.7 Å². The van der Waals surface area contributed by atoms with E-state index < -0.39 is 0 Å². The number of rotatable bonds is 4. The average molecular weight is 316 g/mol. The summed E-state index contributed by atoms with van der Waals surface area (Å²) in [6, 6.07) is 11.9. The van der Waals surface area contributed by atoms with Crippen LogP contribution in [0.5, 0.6) is 0 Å².